The van der Waals surface area contributed by atoms with Crippen LogP contribution in [0.3, 0.4) is 0 Å². The number of nitrogen functional groups attached to an aromatic ring is 1. The molecule has 0 aliphatic heterocycles. The van der Waals surface area contributed by atoms with Crippen molar-refractivity contribution in [1.82, 2.24) is 4.90 Å². The van der Waals surface area contributed by atoms with Gasteiger partial charge in [0.15, 0.2) is 0 Å². The monoisotopic (exact) mass is 274 g/mol. The fourth-order valence-corrected chi connectivity index (χ4v) is 1.95. The molecule has 0 radical (unpaired) electrons. The molecule has 0 bridgehead atoms. The molecule has 0 aliphatic carbocycles. The lowest BCUT2D eigenvalue weighted by molar-refractivity contribution is 0.0772. The third kappa shape index (κ3) is 2.93. The van der Waals surface area contributed by atoms with E-state index in [1.807, 2.05) is 13.0 Å². The highest BCUT2D eigenvalue weighted by molar-refractivity contribution is 6.01. The molecule has 0 saturated carbocycles. The number of ether oxygens (including phenoxy) is 1. The topological polar surface area (TPSA) is 68.7 Å². The van der Waals surface area contributed by atoms with Crippen LogP contribution in [0.2, 0.25) is 0 Å². The number of furan rings is 1. The molecule has 1 aromatic heterocycles. The predicted molar refractivity (Wildman–Crippen MR) is 76.5 cm³/mol. The Morgan fingerprint density at radius 3 is 2.80 bits per heavy atom. The van der Waals surface area contributed by atoms with Gasteiger partial charge in [-0.3, -0.25) is 4.79 Å². The Hall–Kier alpha value is -2.43. The summed E-state index contributed by atoms with van der Waals surface area (Å²) in [6.07, 6.45) is 1.58. The van der Waals surface area contributed by atoms with Gasteiger partial charge in [-0.15, -0.1) is 0 Å². The first-order chi connectivity index (χ1) is 9.63. The van der Waals surface area contributed by atoms with Gasteiger partial charge in [-0.05, 0) is 31.2 Å². The van der Waals surface area contributed by atoms with Crippen molar-refractivity contribution in [3.63, 3.8) is 0 Å². The van der Waals surface area contributed by atoms with Crippen molar-refractivity contribution in [3.05, 3.63) is 47.9 Å². The zero-order valence-corrected chi connectivity index (χ0v) is 11.6. The van der Waals surface area contributed by atoms with Crippen LogP contribution in [0.4, 0.5) is 5.69 Å². The molecule has 5 nitrogen and oxygen atoms in total. The summed E-state index contributed by atoms with van der Waals surface area (Å²) in [6, 6.07) is 8.81. The predicted octanol–water partition coefficient (Wildman–Crippen LogP) is 2.53. The first kappa shape index (κ1) is 14.0. The van der Waals surface area contributed by atoms with Gasteiger partial charge in [0.2, 0.25) is 0 Å². The van der Waals surface area contributed by atoms with Crippen molar-refractivity contribution in [3.8, 4) is 5.75 Å². The molecule has 0 unspecified atom stereocenters. The number of nitrogens with zero attached hydrogens (tertiary/aromatic N) is 1. The van der Waals surface area contributed by atoms with E-state index in [1.54, 1.807) is 42.5 Å². The van der Waals surface area contributed by atoms with Crippen LogP contribution in [0.5, 0.6) is 5.75 Å². The van der Waals surface area contributed by atoms with E-state index in [2.05, 4.69) is 0 Å². The van der Waals surface area contributed by atoms with Gasteiger partial charge in [-0.1, -0.05) is 6.07 Å². The third-order valence-electron chi connectivity index (χ3n) is 2.89. The van der Waals surface area contributed by atoms with Crippen LogP contribution in [0, 0.1) is 0 Å². The molecule has 1 heterocycles. The number of hydrogen-bond acceptors (Lipinski definition) is 4. The number of nitrogens with two attached hydrogens (primary N) is 1. The minimum absolute atomic E-state index is 0.192. The average Bonchev–Trinajstić information content (AvgIpc) is 2.91. The Kier molecular flexibility index (Phi) is 4.30. The molecule has 1 aromatic carbocycles. The SMILES string of the molecule is CCOc1cccc(N)c1C(=O)N(C)Cc1ccco1. The minimum atomic E-state index is -0.192. The van der Waals surface area contributed by atoms with E-state index in [9.17, 15) is 4.79 Å². The van der Waals surface area contributed by atoms with Crippen molar-refractivity contribution in [2.24, 2.45) is 0 Å². The Morgan fingerprint density at radius 2 is 2.15 bits per heavy atom. The second kappa shape index (κ2) is 6.14. The summed E-state index contributed by atoms with van der Waals surface area (Å²) in [5.41, 5.74) is 6.71. The highest BCUT2D eigenvalue weighted by atomic mass is 16.5. The normalized spacial score (nSPS) is 10.3. The number of rotatable bonds is 5. The summed E-state index contributed by atoms with van der Waals surface area (Å²) in [5, 5.41) is 0. The van der Waals surface area contributed by atoms with Crippen molar-refractivity contribution in [1.29, 1.82) is 0 Å². The van der Waals surface area contributed by atoms with Gasteiger partial charge in [-0.25, -0.2) is 0 Å². The zero-order chi connectivity index (χ0) is 14.5. The van der Waals surface area contributed by atoms with Gasteiger partial charge < -0.3 is 19.8 Å². The van der Waals surface area contributed by atoms with Gasteiger partial charge in [-0.2, -0.15) is 0 Å². The maximum Gasteiger partial charge on any atom is 0.259 e. The second-order valence-corrected chi connectivity index (χ2v) is 4.39. The van der Waals surface area contributed by atoms with Crippen LogP contribution in [-0.4, -0.2) is 24.5 Å². The first-order valence-electron chi connectivity index (χ1n) is 6.42. The first-order valence-corrected chi connectivity index (χ1v) is 6.42. The summed E-state index contributed by atoms with van der Waals surface area (Å²) >= 11 is 0. The highest BCUT2D eigenvalue weighted by Gasteiger charge is 2.20. The van der Waals surface area contributed by atoms with Crippen LogP contribution >= 0.6 is 0 Å². The molecule has 0 spiro atoms. The molecule has 1 amide bonds. The van der Waals surface area contributed by atoms with E-state index in [0.717, 1.165) is 0 Å². The maximum absolute atomic E-state index is 12.5. The Bertz CT molecular complexity index is 579. The zero-order valence-electron chi connectivity index (χ0n) is 11.6. The van der Waals surface area contributed by atoms with Gasteiger partial charge in [0, 0.05) is 12.7 Å². The molecule has 20 heavy (non-hydrogen) atoms. The number of hydrogen-bond donors (Lipinski definition) is 1. The van der Waals surface area contributed by atoms with E-state index in [0.29, 0.717) is 35.9 Å². The smallest absolute Gasteiger partial charge is 0.259 e. The quantitative estimate of drug-likeness (QED) is 0.851. The lowest BCUT2D eigenvalue weighted by Gasteiger charge is -2.19. The van der Waals surface area contributed by atoms with Crippen LogP contribution in [0.15, 0.2) is 41.0 Å². The van der Waals surface area contributed by atoms with Gasteiger partial charge in [0.25, 0.3) is 5.91 Å². The van der Waals surface area contributed by atoms with E-state index in [-0.39, 0.29) is 5.91 Å². The molecule has 0 atom stereocenters. The Labute approximate surface area is 117 Å². The molecular formula is C15H18N2O3. The molecule has 5 heteroatoms. The van der Waals surface area contributed by atoms with E-state index in [4.69, 9.17) is 14.9 Å². The van der Waals surface area contributed by atoms with E-state index in [1.165, 1.54) is 0 Å². The average molecular weight is 274 g/mol. The molecule has 2 rings (SSSR count). The van der Waals surface area contributed by atoms with E-state index >= 15 is 0 Å². The molecule has 2 N–H and O–H groups in total. The van der Waals surface area contributed by atoms with Crippen LogP contribution in [0.25, 0.3) is 0 Å². The lowest BCUT2D eigenvalue weighted by atomic mass is 10.1. The number of anilines is 1. The van der Waals surface area contributed by atoms with Gasteiger partial charge >= 0.3 is 0 Å². The number of benzene rings is 1. The fraction of sp³-hybridized carbons (Fsp3) is 0.267. The van der Waals surface area contributed by atoms with Crippen molar-refractivity contribution < 1.29 is 13.9 Å². The Balaban J connectivity index is 2.23. The third-order valence-corrected chi connectivity index (χ3v) is 2.89. The fourth-order valence-electron chi connectivity index (χ4n) is 1.95. The van der Waals surface area contributed by atoms with Crippen LogP contribution in [-0.2, 0) is 6.54 Å². The van der Waals surface area contributed by atoms with Crippen molar-refractivity contribution in [2.75, 3.05) is 19.4 Å². The van der Waals surface area contributed by atoms with Gasteiger partial charge in [0.05, 0.1) is 19.4 Å². The number of carbonyl (C=O) groups is 1. The van der Waals surface area contributed by atoms with E-state index < -0.39 is 0 Å². The van der Waals surface area contributed by atoms with Crippen molar-refractivity contribution in [2.45, 2.75) is 13.5 Å². The summed E-state index contributed by atoms with van der Waals surface area (Å²) in [6.45, 7) is 2.72. The second-order valence-electron chi connectivity index (χ2n) is 4.39. The highest BCUT2D eigenvalue weighted by Crippen LogP contribution is 2.26. The molecule has 0 aliphatic rings. The van der Waals surface area contributed by atoms with Crippen LogP contribution < -0.4 is 10.5 Å². The van der Waals surface area contributed by atoms with Crippen molar-refractivity contribution >= 4 is 11.6 Å². The van der Waals surface area contributed by atoms with Gasteiger partial charge in [0.1, 0.15) is 17.1 Å². The minimum Gasteiger partial charge on any atom is -0.493 e. The number of amides is 1. The van der Waals surface area contributed by atoms with Crippen LogP contribution in [0.1, 0.15) is 23.0 Å². The maximum atomic E-state index is 12.5. The molecule has 0 saturated heterocycles. The Morgan fingerprint density at radius 1 is 1.35 bits per heavy atom. The summed E-state index contributed by atoms with van der Waals surface area (Å²) < 4.78 is 10.7. The molecule has 2 aromatic rings. The summed E-state index contributed by atoms with van der Waals surface area (Å²) in [5.74, 6) is 1.03. The largest absolute Gasteiger partial charge is 0.493 e. The summed E-state index contributed by atoms with van der Waals surface area (Å²) in [4.78, 5) is 14.1. The summed E-state index contributed by atoms with van der Waals surface area (Å²) in [7, 11) is 1.70. The molecule has 0 fully saturated rings. The molecular weight excluding hydrogens is 256 g/mol. The standard InChI is InChI=1S/C15H18N2O3/c1-3-19-13-8-4-7-12(16)14(13)15(18)17(2)10-11-6-5-9-20-11/h4-9H,3,10,16H2,1-2H3. The molecule has 106 valence electrons. The lowest BCUT2D eigenvalue weighted by Crippen LogP contribution is -2.27. The number of carbonyl (C=O) groups excluding carboxylic acids is 1.